The Hall–Kier alpha value is -0.870. The van der Waals surface area contributed by atoms with Gasteiger partial charge in [-0.25, -0.2) is 9.97 Å². The van der Waals surface area contributed by atoms with Gasteiger partial charge in [0.2, 0.25) is 0 Å². The number of anilines is 1. The number of halogens is 1. The fourth-order valence-electron chi connectivity index (χ4n) is 1.08. The summed E-state index contributed by atoms with van der Waals surface area (Å²) in [5.41, 5.74) is 0. The molecule has 0 amide bonds. The maximum absolute atomic E-state index is 9.52. The SMILES string of the molecule is CCC(O)C(C)Nc1nccnc1Cl. The fraction of sp³-hybridized carbons (Fsp3) is 0.556. The van der Waals surface area contributed by atoms with Gasteiger partial charge in [-0.1, -0.05) is 18.5 Å². The van der Waals surface area contributed by atoms with E-state index in [0.29, 0.717) is 17.4 Å². The molecule has 5 heteroatoms. The first kappa shape index (κ1) is 11.2. The summed E-state index contributed by atoms with van der Waals surface area (Å²) < 4.78 is 0. The maximum Gasteiger partial charge on any atom is 0.171 e. The number of aliphatic hydroxyl groups is 1. The summed E-state index contributed by atoms with van der Waals surface area (Å²) in [6.45, 7) is 3.79. The number of hydrogen-bond acceptors (Lipinski definition) is 4. The fourth-order valence-corrected chi connectivity index (χ4v) is 1.24. The van der Waals surface area contributed by atoms with Gasteiger partial charge in [0.05, 0.1) is 12.1 Å². The van der Waals surface area contributed by atoms with Gasteiger partial charge in [-0.15, -0.1) is 0 Å². The van der Waals surface area contributed by atoms with Gasteiger partial charge in [-0.05, 0) is 13.3 Å². The molecule has 0 aliphatic carbocycles. The van der Waals surface area contributed by atoms with Crippen LogP contribution in [0.4, 0.5) is 5.82 Å². The molecule has 0 aromatic carbocycles. The average molecular weight is 216 g/mol. The molecule has 2 unspecified atom stereocenters. The number of aliphatic hydroxyl groups excluding tert-OH is 1. The summed E-state index contributed by atoms with van der Waals surface area (Å²) in [5, 5.41) is 12.9. The minimum atomic E-state index is -0.409. The van der Waals surface area contributed by atoms with Crippen molar-refractivity contribution in [3.8, 4) is 0 Å². The van der Waals surface area contributed by atoms with Gasteiger partial charge in [-0.3, -0.25) is 0 Å². The Bertz CT molecular complexity index is 295. The minimum absolute atomic E-state index is 0.0887. The summed E-state index contributed by atoms with van der Waals surface area (Å²) >= 11 is 5.80. The second-order valence-electron chi connectivity index (χ2n) is 3.10. The second-order valence-corrected chi connectivity index (χ2v) is 3.46. The lowest BCUT2D eigenvalue weighted by atomic mass is 10.1. The van der Waals surface area contributed by atoms with Crippen LogP contribution in [-0.2, 0) is 0 Å². The van der Waals surface area contributed by atoms with Crippen LogP contribution in [0.15, 0.2) is 12.4 Å². The molecule has 1 heterocycles. The van der Waals surface area contributed by atoms with Crippen LogP contribution >= 0.6 is 11.6 Å². The second kappa shape index (κ2) is 5.12. The zero-order valence-corrected chi connectivity index (χ0v) is 8.99. The van der Waals surface area contributed by atoms with E-state index in [-0.39, 0.29) is 6.04 Å². The Morgan fingerprint density at radius 1 is 1.50 bits per heavy atom. The van der Waals surface area contributed by atoms with Crippen molar-refractivity contribution >= 4 is 17.4 Å². The number of hydrogen-bond donors (Lipinski definition) is 2. The third kappa shape index (κ3) is 2.82. The maximum atomic E-state index is 9.52. The molecule has 78 valence electrons. The third-order valence-electron chi connectivity index (χ3n) is 2.01. The summed E-state index contributed by atoms with van der Waals surface area (Å²) in [5.74, 6) is 0.508. The van der Waals surface area contributed by atoms with Crippen molar-refractivity contribution in [3.05, 3.63) is 17.5 Å². The first-order valence-electron chi connectivity index (χ1n) is 4.56. The van der Waals surface area contributed by atoms with Gasteiger partial charge in [0.15, 0.2) is 11.0 Å². The van der Waals surface area contributed by atoms with E-state index in [4.69, 9.17) is 11.6 Å². The number of nitrogens with zero attached hydrogens (tertiary/aromatic N) is 2. The molecule has 1 aromatic heterocycles. The van der Waals surface area contributed by atoms with Gasteiger partial charge in [-0.2, -0.15) is 0 Å². The summed E-state index contributed by atoms with van der Waals surface area (Å²) in [6, 6.07) is -0.0887. The Morgan fingerprint density at radius 3 is 2.71 bits per heavy atom. The van der Waals surface area contributed by atoms with Crippen molar-refractivity contribution in [2.45, 2.75) is 32.4 Å². The number of aromatic nitrogens is 2. The van der Waals surface area contributed by atoms with Gasteiger partial charge in [0.1, 0.15) is 0 Å². The molecule has 1 rings (SSSR count). The molecule has 0 aliphatic rings. The molecule has 0 fully saturated rings. The van der Waals surface area contributed by atoms with Crippen LogP contribution in [0.1, 0.15) is 20.3 Å². The van der Waals surface area contributed by atoms with Crippen molar-refractivity contribution in [1.82, 2.24) is 9.97 Å². The summed E-state index contributed by atoms with van der Waals surface area (Å²) in [4.78, 5) is 7.89. The zero-order valence-electron chi connectivity index (χ0n) is 8.24. The van der Waals surface area contributed by atoms with E-state index in [2.05, 4.69) is 15.3 Å². The highest BCUT2D eigenvalue weighted by Crippen LogP contribution is 2.16. The molecule has 0 saturated heterocycles. The molecule has 0 aliphatic heterocycles. The Balaban J connectivity index is 2.64. The highest BCUT2D eigenvalue weighted by atomic mass is 35.5. The average Bonchev–Trinajstić information content (AvgIpc) is 2.20. The summed E-state index contributed by atoms with van der Waals surface area (Å²) in [7, 11) is 0. The quantitative estimate of drug-likeness (QED) is 0.803. The van der Waals surface area contributed by atoms with Crippen LogP contribution in [0.5, 0.6) is 0 Å². The molecule has 0 bridgehead atoms. The van der Waals surface area contributed by atoms with Crippen LogP contribution in [0.2, 0.25) is 5.15 Å². The van der Waals surface area contributed by atoms with Gasteiger partial charge in [0.25, 0.3) is 0 Å². The summed E-state index contributed by atoms with van der Waals surface area (Å²) in [6.07, 6.45) is 3.35. The van der Waals surface area contributed by atoms with E-state index in [1.807, 2.05) is 13.8 Å². The van der Waals surface area contributed by atoms with Crippen LogP contribution in [-0.4, -0.2) is 27.2 Å². The van der Waals surface area contributed by atoms with Crippen LogP contribution in [0.25, 0.3) is 0 Å². The molecule has 0 radical (unpaired) electrons. The van der Waals surface area contributed by atoms with E-state index in [1.165, 1.54) is 6.20 Å². The highest BCUT2D eigenvalue weighted by molar-refractivity contribution is 6.31. The van der Waals surface area contributed by atoms with E-state index in [1.54, 1.807) is 6.20 Å². The molecule has 0 saturated carbocycles. The normalized spacial score (nSPS) is 14.9. The van der Waals surface area contributed by atoms with Gasteiger partial charge >= 0.3 is 0 Å². The molecule has 2 N–H and O–H groups in total. The van der Waals surface area contributed by atoms with E-state index in [0.717, 1.165) is 0 Å². The number of rotatable bonds is 4. The Morgan fingerprint density at radius 2 is 2.14 bits per heavy atom. The zero-order chi connectivity index (χ0) is 10.6. The third-order valence-corrected chi connectivity index (χ3v) is 2.29. The molecular formula is C9H14ClN3O. The molecule has 1 aromatic rings. The smallest absolute Gasteiger partial charge is 0.171 e. The monoisotopic (exact) mass is 215 g/mol. The molecule has 2 atom stereocenters. The molecular weight excluding hydrogens is 202 g/mol. The van der Waals surface area contributed by atoms with Crippen LogP contribution < -0.4 is 5.32 Å². The van der Waals surface area contributed by atoms with E-state index in [9.17, 15) is 5.11 Å². The molecule has 0 spiro atoms. The number of nitrogens with one attached hydrogen (secondary N) is 1. The lowest BCUT2D eigenvalue weighted by Crippen LogP contribution is -2.30. The van der Waals surface area contributed by atoms with Crippen molar-refractivity contribution in [3.63, 3.8) is 0 Å². The topological polar surface area (TPSA) is 58.0 Å². The lowest BCUT2D eigenvalue weighted by Gasteiger charge is -2.19. The van der Waals surface area contributed by atoms with Gasteiger partial charge < -0.3 is 10.4 Å². The predicted molar refractivity (Wildman–Crippen MR) is 56.4 cm³/mol. The Kier molecular flexibility index (Phi) is 4.10. The van der Waals surface area contributed by atoms with Crippen molar-refractivity contribution in [2.75, 3.05) is 5.32 Å². The standard InChI is InChI=1S/C9H14ClN3O/c1-3-7(14)6(2)13-9-8(10)11-4-5-12-9/h4-7,14H,3H2,1-2H3,(H,12,13). The molecule has 4 nitrogen and oxygen atoms in total. The van der Waals surface area contributed by atoms with Crippen molar-refractivity contribution < 1.29 is 5.11 Å². The van der Waals surface area contributed by atoms with E-state index >= 15 is 0 Å². The highest BCUT2D eigenvalue weighted by Gasteiger charge is 2.13. The van der Waals surface area contributed by atoms with Gasteiger partial charge in [0, 0.05) is 12.4 Å². The molecule has 14 heavy (non-hydrogen) atoms. The first-order chi connectivity index (χ1) is 6.65. The van der Waals surface area contributed by atoms with Crippen LogP contribution in [0, 0.1) is 0 Å². The van der Waals surface area contributed by atoms with Crippen molar-refractivity contribution in [1.29, 1.82) is 0 Å². The lowest BCUT2D eigenvalue weighted by molar-refractivity contribution is 0.154. The van der Waals surface area contributed by atoms with Crippen LogP contribution in [0.3, 0.4) is 0 Å². The Labute approximate surface area is 88.3 Å². The van der Waals surface area contributed by atoms with E-state index < -0.39 is 6.10 Å². The van der Waals surface area contributed by atoms with Crippen molar-refractivity contribution in [2.24, 2.45) is 0 Å². The largest absolute Gasteiger partial charge is 0.391 e. The first-order valence-corrected chi connectivity index (χ1v) is 4.94. The minimum Gasteiger partial charge on any atom is -0.391 e. The predicted octanol–water partition coefficient (Wildman–Crippen LogP) is 1.70.